The van der Waals surface area contributed by atoms with Gasteiger partial charge in [0.15, 0.2) is 5.60 Å². The fourth-order valence-electron chi connectivity index (χ4n) is 6.67. The Labute approximate surface area is 239 Å². The third-order valence-electron chi connectivity index (χ3n) is 8.56. The van der Waals surface area contributed by atoms with Crippen molar-refractivity contribution >= 4 is 44.5 Å². The summed E-state index contributed by atoms with van der Waals surface area (Å²) >= 11 is 0. The highest BCUT2D eigenvalue weighted by Crippen LogP contribution is 2.57. The number of hydrogen-bond acceptors (Lipinski definition) is 9. The highest BCUT2D eigenvalue weighted by Gasteiger charge is 2.54. The van der Waals surface area contributed by atoms with E-state index < -0.39 is 35.2 Å². The topological polar surface area (TPSA) is 136 Å². The molecule has 0 aliphatic carbocycles. The molecule has 9 nitrogen and oxygen atoms in total. The molecule has 0 saturated heterocycles. The van der Waals surface area contributed by atoms with E-state index in [1.807, 2.05) is 13.0 Å². The summed E-state index contributed by atoms with van der Waals surface area (Å²) in [6.07, 6.45) is -0.760. The number of phenols is 2. The first-order valence-corrected chi connectivity index (χ1v) is 13.6. The van der Waals surface area contributed by atoms with Crippen LogP contribution in [0.3, 0.4) is 0 Å². The van der Waals surface area contributed by atoms with Gasteiger partial charge in [-0.2, -0.15) is 0 Å². The summed E-state index contributed by atoms with van der Waals surface area (Å²) in [4.78, 5) is 26.1. The van der Waals surface area contributed by atoms with Gasteiger partial charge in [0.25, 0.3) is 0 Å². The number of aliphatic hydroxyl groups is 1. The van der Waals surface area contributed by atoms with Crippen molar-refractivity contribution in [1.29, 1.82) is 0 Å². The van der Waals surface area contributed by atoms with Gasteiger partial charge in [0, 0.05) is 44.8 Å². The predicted octanol–water partition coefficient (Wildman–Crippen LogP) is 6.03. The molecule has 9 heteroatoms. The molecule has 0 amide bonds. The average Bonchev–Trinajstić information content (AvgIpc) is 3.42. The molecular weight excluding hydrogens is 540 g/mol. The minimum absolute atomic E-state index is 0.0183. The number of furan rings is 1. The maximum absolute atomic E-state index is 13.2. The summed E-state index contributed by atoms with van der Waals surface area (Å²) in [6, 6.07) is 15.8. The van der Waals surface area contributed by atoms with Gasteiger partial charge in [-0.05, 0) is 26.8 Å². The van der Waals surface area contributed by atoms with E-state index in [0.29, 0.717) is 49.6 Å². The van der Waals surface area contributed by atoms with Crippen LogP contribution in [0.25, 0.3) is 32.5 Å². The van der Waals surface area contributed by atoms with Crippen LogP contribution in [0.5, 0.6) is 17.2 Å². The Morgan fingerprint density at radius 2 is 1.60 bits per heavy atom. The number of phenolic OH excluding ortho intramolecular Hbond substituents is 2. The van der Waals surface area contributed by atoms with Gasteiger partial charge in [-0.3, -0.25) is 0 Å². The van der Waals surface area contributed by atoms with Gasteiger partial charge in [-0.25, -0.2) is 9.59 Å². The lowest BCUT2D eigenvalue weighted by atomic mass is 9.71. The number of aromatic hydroxyl groups is 2. The van der Waals surface area contributed by atoms with Gasteiger partial charge >= 0.3 is 11.9 Å². The quantitative estimate of drug-likeness (QED) is 0.223. The molecule has 2 aliphatic heterocycles. The number of benzene rings is 4. The Kier molecular flexibility index (Phi) is 5.37. The smallest absolute Gasteiger partial charge is 0.342 e. The number of rotatable bonds is 3. The molecule has 7 rings (SSSR count). The van der Waals surface area contributed by atoms with E-state index in [-0.39, 0.29) is 29.0 Å². The maximum Gasteiger partial charge on any atom is 0.342 e. The second-order valence-electron chi connectivity index (χ2n) is 11.7. The second-order valence-corrected chi connectivity index (χ2v) is 11.7. The van der Waals surface area contributed by atoms with Gasteiger partial charge in [-0.1, -0.05) is 48.5 Å². The van der Waals surface area contributed by atoms with E-state index >= 15 is 0 Å². The fourth-order valence-corrected chi connectivity index (χ4v) is 6.67. The summed E-state index contributed by atoms with van der Waals surface area (Å²) in [5, 5.41) is 35.8. The monoisotopic (exact) mass is 568 g/mol. The Morgan fingerprint density at radius 1 is 0.976 bits per heavy atom. The van der Waals surface area contributed by atoms with Crippen LogP contribution in [-0.4, -0.2) is 46.1 Å². The van der Waals surface area contributed by atoms with Gasteiger partial charge in [0.1, 0.15) is 45.8 Å². The third kappa shape index (κ3) is 3.46. The third-order valence-corrected chi connectivity index (χ3v) is 8.56. The van der Waals surface area contributed by atoms with Crippen LogP contribution in [0.4, 0.5) is 0 Å². The minimum atomic E-state index is -1.43. The fraction of sp³-hybridized carbons (Fsp3) is 0.273. The van der Waals surface area contributed by atoms with E-state index in [9.17, 15) is 24.9 Å². The average molecular weight is 569 g/mol. The molecule has 0 radical (unpaired) electrons. The molecule has 3 N–H and O–H groups in total. The van der Waals surface area contributed by atoms with E-state index in [4.69, 9.17) is 18.6 Å². The number of carbonyl (C=O) groups excluding carboxylic acids is 2. The van der Waals surface area contributed by atoms with Crippen molar-refractivity contribution in [2.75, 3.05) is 7.11 Å². The summed E-state index contributed by atoms with van der Waals surface area (Å²) in [7, 11) is 1.24. The van der Waals surface area contributed by atoms with Crippen molar-refractivity contribution in [3.63, 3.8) is 0 Å². The van der Waals surface area contributed by atoms with Crippen LogP contribution in [0.2, 0.25) is 0 Å². The van der Waals surface area contributed by atoms with Gasteiger partial charge in [-0.15, -0.1) is 0 Å². The molecule has 0 saturated carbocycles. The van der Waals surface area contributed by atoms with Crippen LogP contribution in [0.1, 0.15) is 65.1 Å². The van der Waals surface area contributed by atoms with Crippen LogP contribution in [-0.2, 0) is 15.1 Å². The zero-order valence-electron chi connectivity index (χ0n) is 23.3. The maximum atomic E-state index is 13.2. The molecular formula is C33H28O9. The SMILES string of the molecule is COC(=O)c1c(O)c2ccccc2c2oc(C3(C)C[C@@H]4c5c(c(O)c6ccccc6c5O3)C(=O)OC4C(C)(C)O)cc12. The molecule has 5 aromatic rings. The molecule has 42 heavy (non-hydrogen) atoms. The Hall–Kier alpha value is -4.76. The zero-order valence-corrected chi connectivity index (χ0v) is 23.3. The van der Waals surface area contributed by atoms with Crippen LogP contribution < -0.4 is 4.74 Å². The van der Waals surface area contributed by atoms with E-state index in [0.717, 1.165) is 0 Å². The number of fused-ring (bicyclic) bond motifs is 5. The summed E-state index contributed by atoms with van der Waals surface area (Å²) in [5.41, 5.74) is -1.78. The Morgan fingerprint density at radius 3 is 2.24 bits per heavy atom. The number of esters is 2. The Bertz CT molecular complexity index is 1980. The number of ether oxygens (including phenoxy) is 3. The largest absolute Gasteiger partial charge is 0.506 e. The standard InChI is InChI=1S/C33H28O9/c1-32(2,38)29-20-14-33(3,42-28-18-12-8-6-10-16(18)26(35)24(22(20)28)31(37)41-29)21-13-19-23(30(36)39-4)25(34)15-9-5-7-11-17(15)27(19)40-21/h5-13,20,29,34-35,38H,14H2,1-4H3/t20-,29?,33?/m1/s1. The van der Waals surface area contributed by atoms with Crippen molar-refractivity contribution in [3.8, 4) is 17.2 Å². The molecule has 2 unspecified atom stereocenters. The molecule has 1 aromatic heterocycles. The van der Waals surface area contributed by atoms with E-state index in [2.05, 4.69) is 0 Å². The highest BCUT2D eigenvalue weighted by molar-refractivity contribution is 6.18. The molecule has 214 valence electrons. The van der Waals surface area contributed by atoms with Crippen LogP contribution in [0.15, 0.2) is 59.0 Å². The molecule has 3 heterocycles. The van der Waals surface area contributed by atoms with Crippen molar-refractivity contribution < 1.29 is 43.5 Å². The van der Waals surface area contributed by atoms with Gasteiger partial charge in [0.2, 0.25) is 0 Å². The molecule has 3 atom stereocenters. The second kappa shape index (κ2) is 8.62. The van der Waals surface area contributed by atoms with Crippen LogP contribution in [0, 0.1) is 0 Å². The Balaban J connectivity index is 1.52. The first kappa shape index (κ1) is 26.2. The normalized spacial score (nSPS) is 21.7. The lowest BCUT2D eigenvalue weighted by Gasteiger charge is -2.47. The van der Waals surface area contributed by atoms with Crippen molar-refractivity contribution in [3.05, 3.63) is 77.0 Å². The van der Waals surface area contributed by atoms with E-state index in [1.54, 1.807) is 62.4 Å². The van der Waals surface area contributed by atoms with Gasteiger partial charge in [0.05, 0.1) is 12.7 Å². The molecule has 4 aromatic carbocycles. The first-order chi connectivity index (χ1) is 19.9. The number of cyclic esters (lactones) is 1. The van der Waals surface area contributed by atoms with Crippen molar-refractivity contribution in [2.45, 2.75) is 50.4 Å². The highest BCUT2D eigenvalue weighted by atomic mass is 16.6. The molecule has 0 fully saturated rings. The minimum Gasteiger partial charge on any atom is -0.506 e. The summed E-state index contributed by atoms with van der Waals surface area (Å²) in [5.74, 6) is -1.72. The summed E-state index contributed by atoms with van der Waals surface area (Å²) in [6.45, 7) is 4.97. The zero-order chi connectivity index (χ0) is 29.7. The van der Waals surface area contributed by atoms with Crippen molar-refractivity contribution in [2.24, 2.45) is 0 Å². The van der Waals surface area contributed by atoms with Crippen LogP contribution >= 0.6 is 0 Å². The predicted molar refractivity (Wildman–Crippen MR) is 153 cm³/mol. The van der Waals surface area contributed by atoms with E-state index in [1.165, 1.54) is 7.11 Å². The first-order valence-electron chi connectivity index (χ1n) is 13.6. The summed E-state index contributed by atoms with van der Waals surface area (Å²) < 4.78 is 24.0. The lowest BCUT2D eigenvalue weighted by molar-refractivity contribution is -0.0979. The molecule has 0 spiro atoms. The number of hydrogen-bond donors (Lipinski definition) is 3. The van der Waals surface area contributed by atoms with Gasteiger partial charge < -0.3 is 33.9 Å². The number of carbonyl (C=O) groups is 2. The van der Waals surface area contributed by atoms with Crippen molar-refractivity contribution in [1.82, 2.24) is 0 Å². The molecule has 0 bridgehead atoms. The number of methoxy groups -OCH3 is 1. The lowest BCUT2D eigenvalue weighted by Crippen LogP contribution is -2.51. The molecule has 2 aliphatic rings.